The number of pyridine rings is 2. The van der Waals surface area contributed by atoms with Crippen molar-refractivity contribution in [1.82, 2.24) is 9.97 Å². The van der Waals surface area contributed by atoms with Crippen LogP contribution >= 0.6 is 0 Å². The Morgan fingerprint density at radius 3 is 2.60 bits per heavy atom. The molecule has 0 bridgehead atoms. The van der Waals surface area contributed by atoms with Gasteiger partial charge >= 0.3 is 0 Å². The summed E-state index contributed by atoms with van der Waals surface area (Å²) < 4.78 is 0. The molecule has 0 atom stereocenters. The number of hydrogen-bond donors (Lipinski definition) is 2. The lowest BCUT2D eigenvalue weighted by molar-refractivity contribution is 0.102. The minimum Gasteiger partial charge on any atom is -0.368 e. The monoisotopic (exact) mass is 270 g/mol. The first-order valence-electron chi connectivity index (χ1n) is 6.52. The highest BCUT2D eigenvalue weighted by atomic mass is 16.1. The molecule has 5 nitrogen and oxygen atoms in total. The average molecular weight is 270 g/mol. The van der Waals surface area contributed by atoms with Gasteiger partial charge in [0, 0.05) is 18.4 Å². The summed E-state index contributed by atoms with van der Waals surface area (Å²) in [4.78, 5) is 20.4. The largest absolute Gasteiger partial charge is 0.368 e. The van der Waals surface area contributed by atoms with Crippen molar-refractivity contribution >= 4 is 17.4 Å². The molecule has 2 aromatic rings. The van der Waals surface area contributed by atoms with E-state index in [2.05, 4.69) is 20.6 Å². The molecule has 0 spiro atoms. The first kappa shape index (κ1) is 14.0. The maximum Gasteiger partial charge on any atom is 0.257 e. The van der Waals surface area contributed by atoms with Crippen LogP contribution in [0.5, 0.6) is 0 Å². The normalized spacial score (nSPS) is 10.4. The summed E-state index contributed by atoms with van der Waals surface area (Å²) in [5.74, 6) is 0.568. The fourth-order valence-corrected chi connectivity index (χ4v) is 1.72. The Morgan fingerprint density at radius 1 is 1.20 bits per heavy atom. The quantitative estimate of drug-likeness (QED) is 0.896. The van der Waals surface area contributed by atoms with Gasteiger partial charge in [0.2, 0.25) is 0 Å². The average Bonchev–Trinajstić information content (AvgIpc) is 2.41. The maximum atomic E-state index is 12.1. The van der Waals surface area contributed by atoms with Crippen LogP contribution in [0.2, 0.25) is 0 Å². The van der Waals surface area contributed by atoms with Crippen LogP contribution in [0.25, 0.3) is 0 Å². The fraction of sp³-hybridized carbons (Fsp3) is 0.267. The van der Waals surface area contributed by atoms with Crippen molar-refractivity contribution < 1.29 is 4.79 Å². The molecular formula is C15H18N4O. The Labute approximate surface area is 118 Å². The van der Waals surface area contributed by atoms with Gasteiger partial charge in [-0.25, -0.2) is 4.98 Å². The molecule has 0 aliphatic carbocycles. The highest BCUT2D eigenvalue weighted by molar-refractivity contribution is 6.04. The summed E-state index contributed by atoms with van der Waals surface area (Å²) in [5, 5.41) is 6.00. The van der Waals surface area contributed by atoms with Crippen molar-refractivity contribution in [1.29, 1.82) is 0 Å². The van der Waals surface area contributed by atoms with Gasteiger partial charge in [-0.2, -0.15) is 0 Å². The van der Waals surface area contributed by atoms with E-state index in [1.54, 1.807) is 30.6 Å². The lowest BCUT2D eigenvalue weighted by Crippen LogP contribution is -2.15. The van der Waals surface area contributed by atoms with E-state index in [1.807, 2.05) is 26.8 Å². The van der Waals surface area contributed by atoms with Gasteiger partial charge in [0.25, 0.3) is 5.91 Å². The molecule has 0 aliphatic rings. The number of nitrogens with one attached hydrogen (secondary N) is 2. The standard InChI is InChI=1S/C15H18N4O/c1-10(2)18-14-7-6-12(9-17-14)15(20)19-13-5-4-8-16-11(13)3/h4-10H,1-3H3,(H,17,18)(H,19,20). The Balaban J connectivity index is 2.08. The molecule has 2 aromatic heterocycles. The zero-order chi connectivity index (χ0) is 14.5. The van der Waals surface area contributed by atoms with E-state index >= 15 is 0 Å². The van der Waals surface area contributed by atoms with Crippen LogP contribution in [0.3, 0.4) is 0 Å². The van der Waals surface area contributed by atoms with Gasteiger partial charge in [-0.3, -0.25) is 9.78 Å². The third-order valence-corrected chi connectivity index (χ3v) is 2.72. The predicted octanol–water partition coefficient (Wildman–Crippen LogP) is 2.86. The van der Waals surface area contributed by atoms with Gasteiger partial charge in [0.05, 0.1) is 16.9 Å². The molecule has 1 amide bonds. The smallest absolute Gasteiger partial charge is 0.257 e. The molecule has 0 aliphatic heterocycles. The Kier molecular flexibility index (Phi) is 4.30. The van der Waals surface area contributed by atoms with Crippen LogP contribution in [0.1, 0.15) is 29.9 Å². The second kappa shape index (κ2) is 6.14. The van der Waals surface area contributed by atoms with Crippen LogP contribution in [0, 0.1) is 6.92 Å². The number of hydrogen-bond acceptors (Lipinski definition) is 4. The van der Waals surface area contributed by atoms with Gasteiger partial charge in [-0.15, -0.1) is 0 Å². The first-order valence-corrected chi connectivity index (χ1v) is 6.52. The van der Waals surface area contributed by atoms with Crippen molar-refractivity contribution in [3.05, 3.63) is 47.9 Å². The molecule has 0 aromatic carbocycles. The van der Waals surface area contributed by atoms with Gasteiger partial charge in [-0.05, 0) is 45.0 Å². The van der Waals surface area contributed by atoms with Gasteiger partial charge in [-0.1, -0.05) is 0 Å². The highest BCUT2D eigenvalue weighted by Crippen LogP contribution is 2.13. The van der Waals surface area contributed by atoms with Crippen LogP contribution < -0.4 is 10.6 Å². The summed E-state index contributed by atoms with van der Waals surface area (Å²) in [6.45, 7) is 5.92. The second-order valence-electron chi connectivity index (χ2n) is 4.82. The second-order valence-corrected chi connectivity index (χ2v) is 4.82. The molecule has 104 valence electrons. The van der Waals surface area contributed by atoms with Crippen molar-refractivity contribution in [3.8, 4) is 0 Å². The molecule has 0 unspecified atom stereocenters. The lowest BCUT2D eigenvalue weighted by Gasteiger charge is -2.10. The van der Waals surface area contributed by atoms with E-state index in [9.17, 15) is 4.79 Å². The molecule has 0 radical (unpaired) electrons. The number of aromatic nitrogens is 2. The zero-order valence-electron chi connectivity index (χ0n) is 11.8. The zero-order valence-corrected chi connectivity index (χ0v) is 11.8. The Bertz CT molecular complexity index is 593. The lowest BCUT2D eigenvalue weighted by atomic mass is 10.2. The van der Waals surface area contributed by atoms with Crippen molar-refractivity contribution in [3.63, 3.8) is 0 Å². The number of anilines is 2. The Hall–Kier alpha value is -2.43. The number of nitrogens with zero attached hydrogens (tertiary/aromatic N) is 2. The van der Waals surface area contributed by atoms with Crippen LogP contribution in [-0.2, 0) is 0 Å². The number of rotatable bonds is 4. The summed E-state index contributed by atoms with van der Waals surface area (Å²) in [7, 11) is 0. The molecule has 0 saturated heterocycles. The maximum absolute atomic E-state index is 12.1. The molecule has 2 heterocycles. The number of carbonyl (C=O) groups excluding carboxylic acids is 1. The van der Waals surface area contributed by atoms with E-state index in [0.717, 1.165) is 11.5 Å². The van der Waals surface area contributed by atoms with E-state index < -0.39 is 0 Å². The predicted molar refractivity (Wildman–Crippen MR) is 79.9 cm³/mol. The SMILES string of the molecule is Cc1ncccc1NC(=O)c1ccc(NC(C)C)nc1. The topological polar surface area (TPSA) is 66.9 Å². The fourth-order valence-electron chi connectivity index (χ4n) is 1.72. The third-order valence-electron chi connectivity index (χ3n) is 2.72. The number of amides is 1. The number of aryl methyl sites for hydroxylation is 1. The molecule has 0 saturated carbocycles. The minimum atomic E-state index is -0.190. The molecule has 20 heavy (non-hydrogen) atoms. The van der Waals surface area contributed by atoms with Crippen LogP contribution in [0.15, 0.2) is 36.7 Å². The van der Waals surface area contributed by atoms with Crippen LogP contribution in [-0.4, -0.2) is 21.9 Å². The van der Waals surface area contributed by atoms with E-state index in [1.165, 1.54) is 0 Å². The molecule has 0 fully saturated rings. The van der Waals surface area contributed by atoms with Crippen molar-refractivity contribution in [2.75, 3.05) is 10.6 Å². The number of carbonyl (C=O) groups is 1. The summed E-state index contributed by atoms with van der Waals surface area (Å²) in [6.07, 6.45) is 3.25. The Morgan fingerprint density at radius 2 is 2.00 bits per heavy atom. The first-order chi connectivity index (χ1) is 9.56. The molecular weight excluding hydrogens is 252 g/mol. The van der Waals surface area contributed by atoms with Gasteiger partial charge in [0.15, 0.2) is 0 Å². The minimum absolute atomic E-state index is 0.190. The molecule has 5 heteroatoms. The van der Waals surface area contributed by atoms with Crippen molar-refractivity contribution in [2.45, 2.75) is 26.8 Å². The van der Waals surface area contributed by atoms with E-state index in [0.29, 0.717) is 17.3 Å². The highest BCUT2D eigenvalue weighted by Gasteiger charge is 2.08. The third kappa shape index (κ3) is 3.54. The molecule has 2 rings (SSSR count). The summed E-state index contributed by atoms with van der Waals surface area (Å²) in [6, 6.07) is 7.46. The summed E-state index contributed by atoms with van der Waals surface area (Å²) in [5.41, 5.74) is 2.01. The van der Waals surface area contributed by atoms with Gasteiger partial charge in [0.1, 0.15) is 5.82 Å². The van der Waals surface area contributed by atoms with E-state index in [-0.39, 0.29) is 5.91 Å². The van der Waals surface area contributed by atoms with Crippen molar-refractivity contribution in [2.24, 2.45) is 0 Å². The van der Waals surface area contributed by atoms with E-state index in [4.69, 9.17) is 0 Å². The van der Waals surface area contributed by atoms with Crippen LogP contribution in [0.4, 0.5) is 11.5 Å². The van der Waals surface area contributed by atoms with Gasteiger partial charge < -0.3 is 10.6 Å². The molecule has 2 N–H and O–H groups in total. The summed E-state index contributed by atoms with van der Waals surface area (Å²) >= 11 is 0.